The fourth-order valence-electron chi connectivity index (χ4n) is 4.45. The summed E-state index contributed by atoms with van der Waals surface area (Å²) in [4.78, 5) is 7.40. The zero-order valence-electron chi connectivity index (χ0n) is 15.8. The molecule has 2 aliphatic rings. The molecule has 2 atom stereocenters. The minimum atomic E-state index is -0.0778. The molecule has 1 aliphatic heterocycles. The van der Waals surface area contributed by atoms with E-state index in [1.165, 1.54) is 30.3 Å². The van der Waals surface area contributed by atoms with Crippen LogP contribution in [-0.4, -0.2) is 27.5 Å². The maximum absolute atomic E-state index is 13.1. The zero-order chi connectivity index (χ0) is 18.1. The number of allylic oxidation sites excluding steroid dienone is 4. The Morgan fingerprint density at radius 3 is 2.92 bits per heavy atom. The second kappa shape index (κ2) is 7.36. The van der Waals surface area contributed by atoms with E-state index in [2.05, 4.69) is 41.6 Å². The summed E-state index contributed by atoms with van der Waals surface area (Å²) in [5.74, 6) is 2.36. The van der Waals surface area contributed by atoms with Crippen LogP contribution in [0.2, 0.25) is 0 Å². The first-order valence-corrected chi connectivity index (χ1v) is 9.77. The molecule has 2 heterocycles. The standard InChI is InChI=1S/C22H28FN3/c1-16-4-3-5-20-22(16)25(2)21(24-20)15-26-13-12-18(14-26)7-6-17-8-10-19(23)11-9-17/h3-5,8,10-11,17-18H,6-7,9,12-15H2,1-2H3/t17-,18?/m0/s1. The summed E-state index contributed by atoms with van der Waals surface area (Å²) in [5, 5.41) is 0. The normalized spacial score (nSPS) is 23.7. The van der Waals surface area contributed by atoms with E-state index in [1.807, 2.05) is 6.08 Å². The van der Waals surface area contributed by atoms with Gasteiger partial charge in [0.25, 0.3) is 0 Å². The SMILES string of the molecule is Cc1cccc2nc(CN3CCC(CC[C@H]4C=CC(F)=CC4)C3)n(C)c12. The molecule has 1 unspecified atom stereocenters. The Hall–Kier alpha value is -1.94. The van der Waals surface area contributed by atoms with Gasteiger partial charge in [-0.15, -0.1) is 0 Å². The first-order chi connectivity index (χ1) is 12.6. The molecule has 0 amide bonds. The van der Waals surface area contributed by atoms with Gasteiger partial charge in [0.15, 0.2) is 0 Å². The summed E-state index contributed by atoms with van der Waals surface area (Å²) >= 11 is 0. The Morgan fingerprint density at radius 1 is 1.27 bits per heavy atom. The lowest BCUT2D eigenvalue weighted by atomic mass is 9.91. The molecule has 2 aromatic rings. The maximum Gasteiger partial charge on any atom is 0.123 e. The fraction of sp³-hybridized carbons (Fsp3) is 0.500. The highest BCUT2D eigenvalue weighted by atomic mass is 19.1. The van der Waals surface area contributed by atoms with E-state index in [9.17, 15) is 4.39 Å². The Balaban J connectivity index is 1.33. The van der Waals surface area contributed by atoms with Crippen LogP contribution in [0, 0.1) is 18.8 Å². The van der Waals surface area contributed by atoms with Crippen LogP contribution >= 0.6 is 0 Å². The summed E-state index contributed by atoms with van der Waals surface area (Å²) in [5.41, 5.74) is 3.64. The van der Waals surface area contributed by atoms with Crippen LogP contribution in [0.15, 0.2) is 42.3 Å². The van der Waals surface area contributed by atoms with Crippen molar-refractivity contribution in [1.29, 1.82) is 0 Å². The summed E-state index contributed by atoms with van der Waals surface area (Å²) in [6, 6.07) is 6.34. The highest BCUT2D eigenvalue weighted by molar-refractivity contribution is 5.79. The summed E-state index contributed by atoms with van der Waals surface area (Å²) in [6.07, 6.45) is 9.93. The van der Waals surface area contributed by atoms with Crippen molar-refractivity contribution < 1.29 is 4.39 Å². The third kappa shape index (κ3) is 3.61. The Kier molecular flexibility index (Phi) is 4.94. The predicted molar refractivity (Wildman–Crippen MR) is 105 cm³/mol. The van der Waals surface area contributed by atoms with Crippen molar-refractivity contribution >= 4 is 11.0 Å². The minimum Gasteiger partial charge on any atom is -0.330 e. The topological polar surface area (TPSA) is 21.1 Å². The van der Waals surface area contributed by atoms with Crippen molar-refractivity contribution in [3.05, 3.63) is 53.6 Å². The molecule has 0 N–H and O–H groups in total. The van der Waals surface area contributed by atoms with Gasteiger partial charge in [0.2, 0.25) is 0 Å². The molecule has 0 bridgehead atoms. The minimum absolute atomic E-state index is 0.0778. The highest BCUT2D eigenvalue weighted by Gasteiger charge is 2.24. The van der Waals surface area contributed by atoms with Crippen LogP contribution in [0.3, 0.4) is 0 Å². The summed E-state index contributed by atoms with van der Waals surface area (Å²) in [7, 11) is 2.13. The van der Waals surface area contributed by atoms with Crippen LogP contribution < -0.4 is 0 Å². The van der Waals surface area contributed by atoms with Crippen molar-refractivity contribution in [3.8, 4) is 0 Å². The van der Waals surface area contributed by atoms with Crippen molar-refractivity contribution in [2.45, 2.75) is 39.2 Å². The maximum atomic E-state index is 13.1. The lowest BCUT2D eigenvalue weighted by Gasteiger charge is -2.18. The lowest BCUT2D eigenvalue weighted by Crippen LogP contribution is -2.22. The number of likely N-dealkylation sites (tertiary alicyclic amines) is 1. The van der Waals surface area contributed by atoms with E-state index in [-0.39, 0.29) is 5.83 Å². The molecule has 1 aromatic heterocycles. The number of benzene rings is 1. The number of fused-ring (bicyclic) bond motifs is 1. The van der Waals surface area contributed by atoms with Gasteiger partial charge in [-0.2, -0.15) is 0 Å². The molecule has 1 aromatic carbocycles. The van der Waals surface area contributed by atoms with Gasteiger partial charge in [0.05, 0.1) is 17.6 Å². The van der Waals surface area contributed by atoms with E-state index in [0.717, 1.165) is 43.3 Å². The molecular formula is C22H28FN3. The molecule has 4 rings (SSSR count). The van der Waals surface area contributed by atoms with Gasteiger partial charge in [-0.1, -0.05) is 18.2 Å². The van der Waals surface area contributed by atoms with Gasteiger partial charge in [-0.25, -0.2) is 9.37 Å². The van der Waals surface area contributed by atoms with Crippen molar-refractivity contribution in [2.75, 3.05) is 13.1 Å². The van der Waals surface area contributed by atoms with Crippen LogP contribution in [0.25, 0.3) is 11.0 Å². The molecule has 1 saturated heterocycles. The monoisotopic (exact) mass is 353 g/mol. The van der Waals surface area contributed by atoms with E-state index in [4.69, 9.17) is 4.98 Å². The quantitative estimate of drug-likeness (QED) is 0.761. The zero-order valence-corrected chi connectivity index (χ0v) is 15.8. The number of aromatic nitrogens is 2. The fourth-order valence-corrected chi connectivity index (χ4v) is 4.45. The van der Waals surface area contributed by atoms with Crippen LogP contribution in [0.4, 0.5) is 4.39 Å². The summed E-state index contributed by atoms with van der Waals surface area (Å²) in [6.45, 7) is 5.39. The largest absolute Gasteiger partial charge is 0.330 e. The van der Waals surface area contributed by atoms with E-state index in [0.29, 0.717) is 5.92 Å². The van der Waals surface area contributed by atoms with Crippen molar-refractivity contribution in [1.82, 2.24) is 14.5 Å². The molecule has 26 heavy (non-hydrogen) atoms. The Bertz CT molecular complexity index is 848. The third-order valence-electron chi connectivity index (χ3n) is 6.01. The summed E-state index contributed by atoms with van der Waals surface area (Å²) < 4.78 is 15.3. The van der Waals surface area contributed by atoms with E-state index >= 15 is 0 Å². The van der Waals surface area contributed by atoms with Crippen LogP contribution in [-0.2, 0) is 13.6 Å². The van der Waals surface area contributed by atoms with E-state index in [1.54, 1.807) is 12.2 Å². The molecule has 0 saturated carbocycles. The highest BCUT2D eigenvalue weighted by Crippen LogP contribution is 2.28. The number of hydrogen-bond donors (Lipinski definition) is 0. The first kappa shape index (κ1) is 17.5. The van der Waals surface area contributed by atoms with Gasteiger partial charge in [0.1, 0.15) is 11.7 Å². The van der Waals surface area contributed by atoms with Crippen LogP contribution in [0.5, 0.6) is 0 Å². The van der Waals surface area contributed by atoms with Crippen LogP contribution in [0.1, 0.15) is 37.1 Å². The van der Waals surface area contributed by atoms with E-state index < -0.39 is 0 Å². The first-order valence-electron chi connectivity index (χ1n) is 9.77. The smallest absolute Gasteiger partial charge is 0.123 e. The molecule has 1 fully saturated rings. The number of rotatable bonds is 5. The average Bonchev–Trinajstić information content (AvgIpc) is 3.20. The predicted octanol–water partition coefficient (Wildman–Crippen LogP) is 4.91. The molecule has 0 radical (unpaired) electrons. The molecule has 0 spiro atoms. The Labute approximate surface area is 155 Å². The second-order valence-electron chi connectivity index (χ2n) is 7.94. The molecule has 1 aliphatic carbocycles. The van der Waals surface area contributed by atoms with Gasteiger partial charge in [-0.3, -0.25) is 4.90 Å². The third-order valence-corrected chi connectivity index (χ3v) is 6.01. The second-order valence-corrected chi connectivity index (χ2v) is 7.94. The molecule has 4 heteroatoms. The number of hydrogen-bond acceptors (Lipinski definition) is 2. The van der Waals surface area contributed by atoms with Crippen molar-refractivity contribution in [3.63, 3.8) is 0 Å². The number of para-hydroxylation sites is 1. The number of aryl methyl sites for hydroxylation is 2. The molecular weight excluding hydrogens is 325 g/mol. The van der Waals surface area contributed by atoms with Gasteiger partial charge >= 0.3 is 0 Å². The van der Waals surface area contributed by atoms with Crippen molar-refractivity contribution in [2.24, 2.45) is 18.9 Å². The molecule has 3 nitrogen and oxygen atoms in total. The number of nitrogens with zero attached hydrogens (tertiary/aromatic N) is 3. The van der Waals surface area contributed by atoms with Gasteiger partial charge in [-0.05, 0) is 74.8 Å². The lowest BCUT2D eigenvalue weighted by molar-refractivity contribution is 0.299. The van der Waals surface area contributed by atoms with Gasteiger partial charge < -0.3 is 4.57 Å². The van der Waals surface area contributed by atoms with Gasteiger partial charge in [0, 0.05) is 13.6 Å². The number of halogens is 1. The average molecular weight is 353 g/mol. The Morgan fingerprint density at radius 2 is 2.15 bits per heavy atom. The molecule has 138 valence electrons. The number of imidazole rings is 1.